The van der Waals surface area contributed by atoms with Gasteiger partial charge in [0.1, 0.15) is 0 Å². The fourth-order valence-electron chi connectivity index (χ4n) is 1.17. The van der Waals surface area contributed by atoms with Crippen molar-refractivity contribution < 1.29 is 5.11 Å². The van der Waals surface area contributed by atoms with Crippen molar-refractivity contribution >= 4 is 17.3 Å². The highest BCUT2D eigenvalue weighted by atomic mass is 35.5. The molecule has 72 valence electrons. The topological polar surface area (TPSA) is 36.4 Å². The van der Waals surface area contributed by atoms with Gasteiger partial charge in [0.2, 0.25) is 0 Å². The maximum atomic E-state index is 9.17. The van der Waals surface area contributed by atoms with Crippen molar-refractivity contribution in [1.29, 1.82) is 0 Å². The van der Waals surface area contributed by atoms with E-state index in [1.54, 1.807) is 19.3 Å². The number of likely N-dealkylation sites (N-methyl/N-ethyl adjacent to an activating group) is 1. The van der Waals surface area contributed by atoms with Gasteiger partial charge < -0.3 is 10.0 Å². The van der Waals surface area contributed by atoms with Crippen LogP contribution in [0.15, 0.2) is 18.5 Å². The summed E-state index contributed by atoms with van der Waals surface area (Å²) in [5.41, 5.74) is 0.887. The smallest absolute Gasteiger partial charge is 0.0822 e. The van der Waals surface area contributed by atoms with Crippen molar-refractivity contribution in [3.05, 3.63) is 23.5 Å². The molecule has 0 aliphatic carbocycles. The second-order valence-corrected chi connectivity index (χ2v) is 3.46. The molecule has 0 radical (unpaired) electrons. The van der Waals surface area contributed by atoms with E-state index in [1.165, 1.54) is 0 Å². The van der Waals surface area contributed by atoms with Crippen LogP contribution in [0.3, 0.4) is 0 Å². The lowest BCUT2D eigenvalue weighted by Gasteiger charge is -2.21. The SMILES string of the molecule is CC(O)CN(C)c1ccncc1Cl. The molecule has 1 unspecified atom stereocenters. The fraction of sp³-hybridized carbons (Fsp3) is 0.444. The Labute approximate surface area is 83.0 Å². The fourth-order valence-corrected chi connectivity index (χ4v) is 1.44. The van der Waals surface area contributed by atoms with Gasteiger partial charge in [0.15, 0.2) is 0 Å². The molecular formula is C9H13ClN2O. The Morgan fingerprint density at radius 3 is 2.92 bits per heavy atom. The molecule has 0 saturated carbocycles. The van der Waals surface area contributed by atoms with E-state index in [2.05, 4.69) is 4.98 Å². The second kappa shape index (κ2) is 4.44. The average Bonchev–Trinajstić information content (AvgIpc) is 2.03. The molecule has 0 fully saturated rings. The highest BCUT2D eigenvalue weighted by Gasteiger charge is 2.07. The van der Waals surface area contributed by atoms with E-state index in [1.807, 2.05) is 18.0 Å². The molecule has 3 nitrogen and oxygen atoms in total. The van der Waals surface area contributed by atoms with E-state index < -0.39 is 0 Å². The van der Waals surface area contributed by atoms with Crippen LogP contribution in [0.4, 0.5) is 5.69 Å². The third kappa shape index (κ3) is 2.86. The van der Waals surface area contributed by atoms with Gasteiger partial charge >= 0.3 is 0 Å². The van der Waals surface area contributed by atoms with E-state index in [9.17, 15) is 5.11 Å². The minimum absolute atomic E-state index is 0.366. The van der Waals surface area contributed by atoms with Gasteiger partial charge in [-0.25, -0.2) is 0 Å². The number of nitrogens with zero attached hydrogens (tertiary/aromatic N) is 2. The van der Waals surface area contributed by atoms with Crippen molar-refractivity contribution in [1.82, 2.24) is 4.98 Å². The average molecular weight is 201 g/mol. The van der Waals surface area contributed by atoms with Crippen molar-refractivity contribution in [2.75, 3.05) is 18.5 Å². The molecule has 4 heteroatoms. The summed E-state index contributed by atoms with van der Waals surface area (Å²) >= 11 is 5.92. The number of aliphatic hydroxyl groups is 1. The zero-order chi connectivity index (χ0) is 9.84. The molecule has 0 saturated heterocycles. The summed E-state index contributed by atoms with van der Waals surface area (Å²) in [5.74, 6) is 0. The molecule has 13 heavy (non-hydrogen) atoms. The highest BCUT2D eigenvalue weighted by Crippen LogP contribution is 2.22. The normalized spacial score (nSPS) is 12.6. The van der Waals surface area contributed by atoms with Crippen LogP contribution in [0.25, 0.3) is 0 Å². The van der Waals surface area contributed by atoms with Crippen LogP contribution >= 0.6 is 11.6 Å². The first-order chi connectivity index (χ1) is 6.11. The lowest BCUT2D eigenvalue weighted by molar-refractivity contribution is 0.201. The Hall–Kier alpha value is -0.800. The van der Waals surface area contributed by atoms with Crippen molar-refractivity contribution in [2.45, 2.75) is 13.0 Å². The molecule has 1 aromatic rings. The van der Waals surface area contributed by atoms with Crippen LogP contribution in [0.2, 0.25) is 5.02 Å². The largest absolute Gasteiger partial charge is 0.392 e. The van der Waals surface area contributed by atoms with Gasteiger partial charge in [0.05, 0.1) is 16.8 Å². The molecular weight excluding hydrogens is 188 g/mol. The summed E-state index contributed by atoms with van der Waals surface area (Å²) in [5, 5.41) is 9.78. The number of halogens is 1. The molecule has 1 atom stereocenters. The van der Waals surface area contributed by atoms with Gasteiger partial charge in [-0.15, -0.1) is 0 Å². The monoisotopic (exact) mass is 200 g/mol. The molecule has 1 heterocycles. The maximum absolute atomic E-state index is 9.17. The minimum atomic E-state index is -0.366. The molecule has 0 aliphatic heterocycles. The van der Waals surface area contributed by atoms with Gasteiger partial charge in [0, 0.05) is 26.0 Å². The van der Waals surface area contributed by atoms with Crippen molar-refractivity contribution in [3.8, 4) is 0 Å². The molecule has 1 N–H and O–H groups in total. The summed E-state index contributed by atoms with van der Waals surface area (Å²) in [6, 6.07) is 1.82. The Kier molecular flexibility index (Phi) is 3.51. The number of hydrogen-bond donors (Lipinski definition) is 1. The van der Waals surface area contributed by atoms with Gasteiger partial charge in [-0.1, -0.05) is 11.6 Å². The zero-order valence-corrected chi connectivity index (χ0v) is 8.49. The Bertz CT molecular complexity index is 278. The number of aromatic nitrogens is 1. The molecule has 0 spiro atoms. The van der Waals surface area contributed by atoms with Crippen LogP contribution in [-0.4, -0.2) is 29.8 Å². The second-order valence-electron chi connectivity index (χ2n) is 3.06. The first kappa shape index (κ1) is 10.3. The molecule has 1 aromatic heterocycles. The Balaban J connectivity index is 2.76. The van der Waals surface area contributed by atoms with Gasteiger partial charge in [0.25, 0.3) is 0 Å². The summed E-state index contributed by atoms with van der Waals surface area (Å²) < 4.78 is 0. The van der Waals surface area contributed by atoms with Crippen molar-refractivity contribution in [3.63, 3.8) is 0 Å². The Morgan fingerprint density at radius 2 is 2.38 bits per heavy atom. The summed E-state index contributed by atoms with van der Waals surface area (Å²) in [6.07, 6.45) is 2.91. The van der Waals surface area contributed by atoms with E-state index in [-0.39, 0.29) is 6.10 Å². The van der Waals surface area contributed by atoms with Gasteiger partial charge in [-0.05, 0) is 13.0 Å². The van der Waals surface area contributed by atoms with Crippen molar-refractivity contribution in [2.24, 2.45) is 0 Å². The van der Waals surface area contributed by atoms with Gasteiger partial charge in [-0.2, -0.15) is 0 Å². The van der Waals surface area contributed by atoms with Crippen LogP contribution in [0.5, 0.6) is 0 Å². The standard InChI is InChI=1S/C9H13ClN2O/c1-7(13)6-12(2)9-3-4-11-5-8(9)10/h3-5,7,13H,6H2,1-2H3. The maximum Gasteiger partial charge on any atom is 0.0822 e. The van der Waals surface area contributed by atoms with Crippen LogP contribution < -0.4 is 4.90 Å². The minimum Gasteiger partial charge on any atom is -0.392 e. The predicted octanol–water partition coefficient (Wildman–Crippen LogP) is 1.55. The third-order valence-electron chi connectivity index (χ3n) is 1.70. The molecule has 0 bridgehead atoms. The lowest BCUT2D eigenvalue weighted by Crippen LogP contribution is -2.27. The summed E-state index contributed by atoms with van der Waals surface area (Å²) in [4.78, 5) is 5.78. The number of hydrogen-bond acceptors (Lipinski definition) is 3. The molecule has 0 aromatic carbocycles. The molecule has 1 rings (SSSR count). The molecule has 0 amide bonds. The highest BCUT2D eigenvalue weighted by molar-refractivity contribution is 6.33. The van der Waals surface area contributed by atoms with Crippen LogP contribution in [-0.2, 0) is 0 Å². The first-order valence-corrected chi connectivity index (χ1v) is 4.47. The lowest BCUT2D eigenvalue weighted by atomic mass is 10.3. The van der Waals surface area contributed by atoms with E-state index in [0.29, 0.717) is 11.6 Å². The number of anilines is 1. The predicted molar refractivity (Wildman–Crippen MR) is 54.2 cm³/mol. The third-order valence-corrected chi connectivity index (χ3v) is 1.99. The summed E-state index contributed by atoms with van der Waals surface area (Å²) in [7, 11) is 1.88. The quantitative estimate of drug-likeness (QED) is 0.805. The number of aliphatic hydroxyl groups excluding tert-OH is 1. The number of rotatable bonds is 3. The Morgan fingerprint density at radius 1 is 1.69 bits per heavy atom. The number of pyridine rings is 1. The van der Waals surface area contributed by atoms with E-state index in [4.69, 9.17) is 11.6 Å². The van der Waals surface area contributed by atoms with Gasteiger partial charge in [-0.3, -0.25) is 4.98 Å². The summed E-state index contributed by atoms with van der Waals surface area (Å²) in [6.45, 7) is 2.30. The van der Waals surface area contributed by atoms with E-state index >= 15 is 0 Å². The molecule has 0 aliphatic rings. The van der Waals surface area contributed by atoms with E-state index in [0.717, 1.165) is 5.69 Å². The van der Waals surface area contributed by atoms with Crippen LogP contribution in [0, 0.1) is 0 Å². The van der Waals surface area contributed by atoms with Crippen LogP contribution in [0.1, 0.15) is 6.92 Å². The first-order valence-electron chi connectivity index (χ1n) is 4.10. The zero-order valence-electron chi connectivity index (χ0n) is 7.74.